The molecule has 4 nitrogen and oxygen atoms in total. The number of aliphatic hydroxyl groups excluding tert-OH is 1. The van der Waals surface area contributed by atoms with Gasteiger partial charge in [0.05, 0.1) is 23.0 Å². The lowest BCUT2D eigenvalue weighted by atomic mass is 9.80. The van der Waals surface area contributed by atoms with Gasteiger partial charge in [-0.05, 0) is 79.6 Å². The second-order valence-electron chi connectivity index (χ2n) is 8.65. The number of methoxy groups -OCH3 is 1. The van der Waals surface area contributed by atoms with Crippen LogP contribution in [0.5, 0.6) is 5.75 Å². The molecule has 3 aromatic rings. The number of rotatable bonds is 11. The van der Waals surface area contributed by atoms with Crippen molar-refractivity contribution in [3.63, 3.8) is 0 Å². The molecule has 2 unspecified atom stereocenters. The van der Waals surface area contributed by atoms with Crippen LogP contribution in [0.3, 0.4) is 0 Å². The molecule has 0 spiro atoms. The molecular weight excluding hydrogens is 436 g/mol. The first-order valence-electron chi connectivity index (χ1n) is 11.7. The quantitative estimate of drug-likeness (QED) is 0.362. The van der Waals surface area contributed by atoms with E-state index in [9.17, 15) is 5.11 Å². The number of nitrogens with zero attached hydrogens (tertiary/aromatic N) is 2. The predicted molar refractivity (Wildman–Crippen MR) is 136 cm³/mol. The zero-order chi connectivity index (χ0) is 22.2. The number of hydrogen-bond donors (Lipinski definition) is 1. The van der Waals surface area contributed by atoms with Crippen molar-refractivity contribution in [2.75, 3.05) is 39.1 Å². The second-order valence-corrected chi connectivity index (χ2v) is 11.0. The summed E-state index contributed by atoms with van der Waals surface area (Å²) in [5, 5.41) is 13.0. The highest BCUT2D eigenvalue weighted by Gasteiger charge is 2.28. The number of piperidine rings is 1. The monoisotopic (exact) mass is 470 g/mol. The number of pyridine rings is 1. The zero-order valence-electron chi connectivity index (χ0n) is 18.9. The van der Waals surface area contributed by atoms with Gasteiger partial charge in [-0.25, -0.2) is 0 Å². The van der Waals surface area contributed by atoms with Crippen LogP contribution >= 0.6 is 23.1 Å². The second kappa shape index (κ2) is 12.0. The van der Waals surface area contributed by atoms with Gasteiger partial charge in [0.25, 0.3) is 0 Å². The Balaban J connectivity index is 1.29. The first-order chi connectivity index (χ1) is 15.8. The Labute approximate surface area is 200 Å². The molecule has 1 N–H and O–H groups in total. The van der Waals surface area contributed by atoms with Crippen molar-refractivity contribution < 1.29 is 9.84 Å². The molecule has 1 aliphatic rings. The van der Waals surface area contributed by atoms with Crippen molar-refractivity contribution in [3.8, 4) is 5.75 Å². The van der Waals surface area contributed by atoms with Gasteiger partial charge in [0.15, 0.2) is 0 Å². The molecule has 0 amide bonds. The molecule has 0 radical (unpaired) electrons. The van der Waals surface area contributed by atoms with Crippen molar-refractivity contribution in [1.29, 1.82) is 0 Å². The van der Waals surface area contributed by atoms with Crippen LogP contribution in [0.25, 0.3) is 10.9 Å². The molecule has 2 atom stereocenters. The number of hydrogen-bond acceptors (Lipinski definition) is 6. The Kier molecular flexibility index (Phi) is 8.85. The Morgan fingerprint density at radius 2 is 2.16 bits per heavy atom. The van der Waals surface area contributed by atoms with Crippen LogP contribution in [0.1, 0.15) is 31.2 Å². The summed E-state index contributed by atoms with van der Waals surface area (Å²) in [6.07, 6.45) is 7.44. The summed E-state index contributed by atoms with van der Waals surface area (Å²) in [4.78, 5) is 7.15. The first-order valence-corrected chi connectivity index (χ1v) is 13.5. The molecule has 1 aliphatic heterocycles. The number of fused-ring (bicyclic) bond motifs is 1. The summed E-state index contributed by atoms with van der Waals surface area (Å²) in [5.74, 6) is 3.29. The van der Waals surface area contributed by atoms with Crippen LogP contribution in [0.2, 0.25) is 0 Å². The summed E-state index contributed by atoms with van der Waals surface area (Å²) in [7, 11) is 1.69. The molecular formula is C26H34N2O2S2. The maximum absolute atomic E-state index is 9.65. The van der Waals surface area contributed by atoms with Gasteiger partial charge in [-0.15, -0.1) is 23.1 Å². The van der Waals surface area contributed by atoms with Gasteiger partial charge in [0.1, 0.15) is 5.75 Å². The molecule has 0 aliphatic carbocycles. The Morgan fingerprint density at radius 1 is 1.22 bits per heavy atom. The van der Waals surface area contributed by atoms with Crippen molar-refractivity contribution >= 4 is 34.0 Å². The molecule has 6 heteroatoms. The molecule has 0 saturated carbocycles. The van der Waals surface area contributed by atoms with Gasteiger partial charge in [0.2, 0.25) is 0 Å². The summed E-state index contributed by atoms with van der Waals surface area (Å²) >= 11 is 3.79. The third-order valence-corrected chi connectivity index (χ3v) is 8.78. The van der Waals surface area contributed by atoms with E-state index in [0.29, 0.717) is 18.4 Å². The molecule has 1 fully saturated rings. The molecule has 172 valence electrons. The largest absolute Gasteiger partial charge is 0.495 e. The molecule has 4 rings (SSSR count). The smallest absolute Gasteiger partial charge is 0.137 e. The highest BCUT2D eigenvalue weighted by Crippen LogP contribution is 2.32. The third-order valence-electron chi connectivity index (χ3n) is 6.67. The van der Waals surface area contributed by atoms with E-state index in [1.165, 1.54) is 41.0 Å². The average molecular weight is 471 g/mol. The maximum atomic E-state index is 9.65. The van der Waals surface area contributed by atoms with Gasteiger partial charge in [0, 0.05) is 30.8 Å². The van der Waals surface area contributed by atoms with Crippen molar-refractivity contribution in [2.24, 2.45) is 11.8 Å². The summed E-state index contributed by atoms with van der Waals surface area (Å²) < 4.78 is 6.80. The lowest BCUT2D eigenvalue weighted by Gasteiger charge is -2.38. The normalized spacial score (nSPS) is 19.4. The van der Waals surface area contributed by atoms with Crippen LogP contribution in [-0.4, -0.2) is 54.1 Å². The first kappa shape index (κ1) is 23.6. The van der Waals surface area contributed by atoms with E-state index in [-0.39, 0.29) is 0 Å². The lowest BCUT2D eigenvalue weighted by molar-refractivity contribution is 0.0961. The Hall–Kier alpha value is -1.60. The summed E-state index contributed by atoms with van der Waals surface area (Å²) in [6, 6.07) is 12.8. The van der Waals surface area contributed by atoms with E-state index in [1.54, 1.807) is 13.3 Å². The average Bonchev–Trinajstić information content (AvgIpc) is 3.34. The SMILES string of the molecule is COc1cnc2cccc(CCCC3CCN(CCSc4cccs4)CC3CCO)c2c1. The van der Waals surface area contributed by atoms with Gasteiger partial charge in [-0.3, -0.25) is 4.98 Å². The predicted octanol–water partition coefficient (Wildman–Crippen LogP) is 5.74. The Bertz CT molecular complexity index is 964. The molecule has 2 aromatic heterocycles. The number of thioether (sulfide) groups is 1. The number of benzene rings is 1. The minimum atomic E-state index is 0.299. The summed E-state index contributed by atoms with van der Waals surface area (Å²) in [6.45, 7) is 3.76. The molecule has 32 heavy (non-hydrogen) atoms. The van der Waals surface area contributed by atoms with Gasteiger partial charge in [-0.1, -0.05) is 18.2 Å². The molecule has 1 saturated heterocycles. The van der Waals surface area contributed by atoms with E-state index in [1.807, 2.05) is 23.1 Å². The van der Waals surface area contributed by atoms with Crippen molar-refractivity contribution in [3.05, 3.63) is 53.5 Å². The number of ether oxygens (including phenoxy) is 1. The van der Waals surface area contributed by atoms with Crippen LogP contribution in [0, 0.1) is 11.8 Å². The van der Waals surface area contributed by atoms with Crippen molar-refractivity contribution in [1.82, 2.24) is 9.88 Å². The van der Waals surface area contributed by atoms with Crippen LogP contribution in [-0.2, 0) is 6.42 Å². The van der Waals surface area contributed by atoms with Crippen LogP contribution < -0.4 is 4.74 Å². The zero-order valence-corrected chi connectivity index (χ0v) is 20.5. The highest BCUT2D eigenvalue weighted by molar-refractivity contribution is 8.01. The van der Waals surface area contributed by atoms with Crippen LogP contribution in [0.15, 0.2) is 52.2 Å². The standard InChI is InChI=1S/C26H34N2O2S2/c1-30-23-17-24-21(7-3-8-25(24)27-18-23)6-2-5-20-10-12-28(19-22(20)11-14-29)13-16-32-26-9-4-15-31-26/h3-4,7-9,15,17-18,20,22,29H,2,5-6,10-14,16,19H2,1H3. The van der Waals surface area contributed by atoms with E-state index in [0.717, 1.165) is 43.0 Å². The number of aryl methyl sites for hydroxylation is 1. The summed E-state index contributed by atoms with van der Waals surface area (Å²) in [5.41, 5.74) is 2.39. The third kappa shape index (κ3) is 6.25. The molecule has 1 aromatic carbocycles. The maximum Gasteiger partial charge on any atom is 0.137 e. The van der Waals surface area contributed by atoms with Gasteiger partial charge < -0.3 is 14.7 Å². The van der Waals surface area contributed by atoms with Gasteiger partial charge >= 0.3 is 0 Å². The molecule has 0 bridgehead atoms. The molecule has 3 heterocycles. The number of aromatic nitrogens is 1. The lowest BCUT2D eigenvalue weighted by Crippen LogP contribution is -2.41. The van der Waals surface area contributed by atoms with Crippen molar-refractivity contribution in [2.45, 2.75) is 36.3 Å². The number of likely N-dealkylation sites (tertiary alicyclic amines) is 1. The minimum absolute atomic E-state index is 0.299. The van der Waals surface area contributed by atoms with E-state index >= 15 is 0 Å². The number of aliphatic hydroxyl groups is 1. The van der Waals surface area contributed by atoms with Gasteiger partial charge in [-0.2, -0.15) is 0 Å². The fraction of sp³-hybridized carbons (Fsp3) is 0.500. The fourth-order valence-electron chi connectivity index (χ4n) is 4.93. The fourth-order valence-corrected chi connectivity index (χ4v) is 6.79. The van der Waals surface area contributed by atoms with E-state index < -0.39 is 0 Å². The number of thiophene rings is 1. The minimum Gasteiger partial charge on any atom is -0.495 e. The van der Waals surface area contributed by atoms with E-state index in [4.69, 9.17) is 4.74 Å². The topological polar surface area (TPSA) is 45.6 Å². The van der Waals surface area contributed by atoms with E-state index in [2.05, 4.69) is 51.7 Å². The Morgan fingerprint density at radius 3 is 2.97 bits per heavy atom. The van der Waals surface area contributed by atoms with Crippen LogP contribution in [0.4, 0.5) is 0 Å². The highest BCUT2D eigenvalue weighted by atomic mass is 32.2.